The Morgan fingerprint density at radius 2 is 2.00 bits per heavy atom. The fourth-order valence-electron chi connectivity index (χ4n) is 1.46. The van der Waals surface area contributed by atoms with Crippen molar-refractivity contribution in [2.75, 3.05) is 7.11 Å². The molecule has 7 heteroatoms. The Morgan fingerprint density at radius 3 is 2.59 bits per heavy atom. The molecule has 1 heterocycles. The fourth-order valence-corrected chi connectivity index (χ4v) is 2.61. The molecule has 0 fully saturated rings. The second-order valence-corrected chi connectivity index (χ2v) is 6.19. The second kappa shape index (κ2) is 4.33. The van der Waals surface area contributed by atoms with Crippen molar-refractivity contribution in [2.45, 2.75) is 4.90 Å². The van der Waals surface area contributed by atoms with Gasteiger partial charge in [0.2, 0.25) is 0 Å². The van der Waals surface area contributed by atoms with Gasteiger partial charge in [-0.05, 0) is 24.3 Å². The number of methoxy groups -OCH3 is 1. The van der Waals surface area contributed by atoms with Crippen LogP contribution >= 0.6 is 22.3 Å². The standard InChI is InChI=1S/C10H7Cl2NO3S/c1-16-8-4-6-2-3-10(11)13-7(6)5-9(8)17(12,14)15/h2-5H,1H3. The van der Waals surface area contributed by atoms with Gasteiger partial charge in [-0.1, -0.05) is 11.6 Å². The number of ether oxygens (including phenoxy) is 1. The molecule has 0 aliphatic carbocycles. The molecule has 90 valence electrons. The zero-order chi connectivity index (χ0) is 12.6. The number of hydrogen-bond donors (Lipinski definition) is 0. The van der Waals surface area contributed by atoms with Crippen LogP contribution in [0.15, 0.2) is 29.2 Å². The highest BCUT2D eigenvalue weighted by Gasteiger charge is 2.18. The van der Waals surface area contributed by atoms with E-state index < -0.39 is 9.05 Å². The van der Waals surface area contributed by atoms with Crippen LogP contribution in [0.5, 0.6) is 5.75 Å². The largest absolute Gasteiger partial charge is 0.495 e. The van der Waals surface area contributed by atoms with E-state index in [4.69, 9.17) is 27.0 Å². The molecule has 1 aromatic heterocycles. The van der Waals surface area contributed by atoms with Gasteiger partial charge < -0.3 is 4.74 Å². The van der Waals surface area contributed by atoms with Gasteiger partial charge in [0, 0.05) is 16.1 Å². The van der Waals surface area contributed by atoms with E-state index in [9.17, 15) is 8.42 Å². The number of aromatic nitrogens is 1. The van der Waals surface area contributed by atoms with E-state index in [0.29, 0.717) is 5.52 Å². The summed E-state index contributed by atoms with van der Waals surface area (Å²) < 4.78 is 27.7. The van der Waals surface area contributed by atoms with E-state index >= 15 is 0 Å². The summed E-state index contributed by atoms with van der Waals surface area (Å²) in [5.41, 5.74) is 0.442. The quantitative estimate of drug-likeness (QED) is 0.631. The van der Waals surface area contributed by atoms with Crippen LogP contribution in [0.3, 0.4) is 0 Å². The summed E-state index contributed by atoms with van der Waals surface area (Å²) >= 11 is 5.73. The van der Waals surface area contributed by atoms with Crippen molar-refractivity contribution in [3.05, 3.63) is 29.4 Å². The van der Waals surface area contributed by atoms with Crippen LogP contribution in [-0.2, 0) is 9.05 Å². The molecule has 2 aromatic rings. The lowest BCUT2D eigenvalue weighted by molar-refractivity contribution is 0.404. The van der Waals surface area contributed by atoms with Crippen LogP contribution in [0.25, 0.3) is 10.9 Å². The van der Waals surface area contributed by atoms with E-state index in [2.05, 4.69) is 4.98 Å². The first-order valence-corrected chi connectivity index (χ1v) is 7.19. The fraction of sp³-hybridized carbons (Fsp3) is 0.100. The number of hydrogen-bond acceptors (Lipinski definition) is 4. The highest BCUT2D eigenvalue weighted by atomic mass is 35.7. The minimum Gasteiger partial charge on any atom is -0.495 e. The van der Waals surface area contributed by atoms with Gasteiger partial charge in [0.1, 0.15) is 15.8 Å². The molecule has 0 saturated carbocycles. The van der Waals surface area contributed by atoms with Crippen molar-refractivity contribution in [1.29, 1.82) is 0 Å². The number of halogens is 2. The Labute approximate surface area is 108 Å². The third-order valence-corrected chi connectivity index (χ3v) is 3.76. The summed E-state index contributed by atoms with van der Waals surface area (Å²) in [5, 5.41) is 0.996. The van der Waals surface area contributed by atoms with E-state index in [1.54, 1.807) is 18.2 Å². The average molecular weight is 292 g/mol. The lowest BCUT2D eigenvalue weighted by Gasteiger charge is -2.07. The molecule has 0 radical (unpaired) electrons. The molecule has 0 amide bonds. The third kappa shape index (κ3) is 2.46. The van der Waals surface area contributed by atoms with Gasteiger partial charge in [-0.2, -0.15) is 0 Å². The summed E-state index contributed by atoms with van der Waals surface area (Å²) in [6.45, 7) is 0. The van der Waals surface area contributed by atoms with Crippen molar-refractivity contribution in [2.24, 2.45) is 0 Å². The highest BCUT2D eigenvalue weighted by Crippen LogP contribution is 2.31. The van der Waals surface area contributed by atoms with Crippen LogP contribution in [0.4, 0.5) is 0 Å². The first kappa shape index (κ1) is 12.4. The third-order valence-electron chi connectivity index (χ3n) is 2.20. The summed E-state index contributed by atoms with van der Waals surface area (Å²) in [7, 11) is 2.80. The van der Waals surface area contributed by atoms with Crippen molar-refractivity contribution in [1.82, 2.24) is 4.98 Å². The van der Waals surface area contributed by atoms with Gasteiger partial charge in [0.25, 0.3) is 9.05 Å². The number of fused-ring (bicyclic) bond motifs is 1. The molecule has 4 nitrogen and oxygen atoms in total. The Hall–Kier alpha value is -1.04. The molecule has 2 rings (SSSR count). The minimum absolute atomic E-state index is 0.121. The van der Waals surface area contributed by atoms with Gasteiger partial charge in [0.05, 0.1) is 12.6 Å². The molecule has 0 bridgehead atoms. The topological polar surface area (TPSA) is 56.3 Å². The molecule has 0 N–H and O–H groups in total. The van der Waals surface area contributed by atoms with E-state index in [-0.39, 0.29) is 15.8 Å². The maximum Gasteiger partial charge on any atom is 0.265 e. The molecule has 0 aliphatic rings. The maximum absolute atomic E-state index is 11.4. The van der Waals surface area contributed by atoms with Gasteiger partial charge in [-0.15, -0.1) is 0 Å². The molecule has 0 unspecified atom stereocenters. The van der Waals surface area contributed by atoms with Gasteiger partial charge in [-0.3, -0.25) is 0 Å². The van der Waals surface area contributed by atoms with Crippen LogP contribution in [0, 0.1) is 0 Å². The maximum atomic E-state index is 11.4. The zero-order valence-corrected chi connectivity index (χ0v) is 11.0. The zero-order valence-electron chi connectivity index (χ0n) is 8.65. The van der Waals surface area contributed by atoms with Crippen molar-refractivity contribution in [3.63, 3.8) is 0 Å². The molecular weight excluding hydrogens is 285 g/mol. The predicted molar refractivity (Wildman–Crippen MR) is 66.3 cm³/mol. The average Bonchev–Trinajstić information content (AvgIpc) is 2.26. The Bertz CT molecular complexity index is 685. The summed E-state index contributed by atoms with van der Waals surface area (Å²) in [6.07, 6.45) is 0. The SMILES string of the molecule is COc1cc2ccc(Cl)nc2cc1S(=O)(=O)Cl. The lowest BCUT2D eigenvalue weighted by Crippen LogP contribution is -1.97. The van der Waals surface area contributed by atoms with Gasteiger partial charge in [0.15, 0.2) is 0 Å². The molecule has 0 atom stereocenters. The van der Waals surface area contributed by atoms with Gasteiger partial charge in [-0.25, -0.2) is 13.4 Å². The van der Waals surface area contributed by atoms with Crippen LogP contribution in [0.2, 0.25) is 5.15 Å². The molecule has 17 heavy (non-hydrogen) atoms. The Balaban J connectivity index is 2.83. The van der Waals surface area contributed by atoms with Crippen LogP contribution in [-0.4, -0.2) is 20.5 Å². The molecular formula is C10H7Cl2NO3S. The van der Waals surface area contributed by atoms with Gasteiger partial charge >= 0.3 is 0 Å². The monoisotopic (exact) mass is 291 g/mol. The van der Waals surface area contributed by atoms with Crippen molar-refractivity contribution in [3.8, 4) is 5.75 Å². The Morgan fingerprint density at radius 1 is 1.29 bits per heavy atom. The van der Waals surface area contributed by atoms with E-state index in [1.165, 1.54) is 13.2 Å². The predicted octanol–water partition coefficient (Wildman–Crippen LogP) is 2.82. The number of nitrogens with zero attached hydrogens (tertiary/aromatic N) is 1. The van der Waals surface area contributed by atoms with E-state index in [0.717, 1.165) is 5.39 Å². The van der Waals surface area contributed by atoms with Crippen LogP contribution < -0.4 is 4.74 Å². The summed E-state index contributed by atoms with van der Waals surface area (Å²) in [4.78, 5) is 3.89. The first-order valence-electron chi connectivity index (χ1n) is 4.51. The number of rotatable bonds is 2. The first-order chi connectivity index (χ1) is 7.91. The molecule has 0 spiro atoms. The number of benzene rings is 1. The van der Waals surface area contributed by atoms with Crippen molar-refractivity contribution >= 4 is 42.2 Å². The minimum atomic E-state index is -3.89. The highest BCUT2D eigenvalue weighted by molar-refractivity contribution is 8.13. The summed E-state index contributed by atoms with van der Waals surface area (Å²) in [5.74, 6) is 0.177. The van der Waals surface area contributed by atoms with Crippen LogP contribution in [0.1, 0.15) is 0 Å². The Kier molecular flexibility index (Phi) is 3.16. The smallest absolute Gasteiger partial charge is 0.265 e. The van der Waals surface area contributed by atoms with E-state index in [1.807, 2.05) is 0 Å². The lowest BCUT2D eigenvalue weighted by atomic mass is 10.2. The molecule has 0 aliphatic heterocycles. The van der Waals surface area contributed by atoms with Crippen molar-refractivity contribution < 1.29 is 13.2 Å². The normalized spacial score (nSPS) is 11.7. The molecule has 1 aromatic carbocycles. The number of pyridine rings is 1. The summed E-state index contributed by atoms with van der Waals surface area (Å²) in [6, 6.07) is 6.21. The molecule has 0 saturated heterocycles. The second-order valence-electron chi connectivity index (χ2n) is 3.27.